The maximum absolute atomic E-state index is 15.2. The molecule has 0 aliphatic carbocycles. The van der Waals surface area contributed by atoms with Gasteiger partial charge in [-0.05, 0) is 37.5 Å². The fourth-order valence-corrected chi connectivity index (χ4v) is 5.37. The Hall–Kier alpha value is -2.17. The van der Waals surface area contributed by atoms with Crippen molar-refractivity contribution in [2.75, 3.05) is 25.9 Å². The molecule has 2 aromatic rings. The molecule has 1 amide bonds. The summed E-state index contributed by atoms with van der Waals surface area (Å²) in [7, 11) is 3.31. The topological polar surface area (TPSA) is 88.0 Å². The number of piperidine rings is 1. The van der Waals surface area contributed by atoms with Gasteiger partial charge >= 0.3 is 6.09 Å². The molecule has 2 bridgehead atoms. The first kappa shape index (κ1) is 21.1. The van der Waals surface area contributed by atoms with E-state index in [1.54, 1.807) is 30.1 Å². The van der Waals surface area contributed by atoms with E-state index < -0.39 is 24.3 Å². The van der Waals surface area contributed by atoms with Crippen LogP contribution in [0.4, 0.5) is 14.3 Å². The fourth-order valence-electron chi connectivity index (χ4n) is 4.31. The summed E-state index contributed by atoms with van der Waals surface area (Å²) < 4.78 is 25.8. The van der Waals surface area contributed by atoms with Gasteiger partial charge in [0.2, 0.25) is 5.13 Å². The van der Waals surface area contributed by atoms with Gasteiger partial charge < -0.3 is 19.5 Å². The Morgan fingerprint density at radius 1 is 1.43 bits per heavy atom. The number of alkyl halides is 1. The summed E-state index contributed by atoms with van der Waals surface area (Å²) >= 11 is 7.39. The molecule has 0 saturated carbocycles. The zero-order valence-corrected chi connectivity index (χ0v) is 18.1. The van der Waals surface area contributed by atoms with E-state index in [1.807, 2.05) is 0 Å². The van der Waals surface area contributed by atoms with Crippen LogP contribution < -0.4 is 9.64 Å². The van der Waals surface area contributed by atoms with E-state index in [0.29, 0.717) is 45.7 Å². The Labute approximate surface area is 182 Å². The first-order valence-corrected chi connectivity index (χ1v) is 10.7. The van der Waals surface area contributed by atoms with Gasteiger partial charge in [0.05, 0.1) is 17.6 Å². The molecule has 0 radical (unpaired) electrons. The summed E-state index contributed by atoms with van der Waals surface area (Å²) in [6.07, 6.45) is -0.661. The van der Waals surface area contributed by atoms with E-state index in [0.717, 1.165) is 0 Å². The van der Waals surface area contributed by atoms with Gasteiger partial charge in [0.1, 0.15) is 11.9 Å². The number of fused-ring (bicyclic) bond motifs is 2. The number of hydrogen-bond acceptors (Lipinski definition) is 7. The molecule has 3 heterocycles. The van der Waals surface area contributed by atoms with E-state index >= 15 is 4.39 Å². The number of ether oxygens (including phenoxy) is 2. The number of benzene rings is 1. The summed E-state index contributed by atoms with van der Waals surface area (Å²) in [5, 5.41) is 19.6. The third-order valence-electron chi connectivity index (χ3n) is 5.74. The van der Waals surface area contributed by atoms with E-state index in [2.05, 4.69) is 10.2 Å². The van der Waals surface area contributed by atoms with Crippen LogP contribution in [0.5, 0.6) is 5.75 Å². The minimum atomic E-state index is -1.28. The summed E-state index contributed by atoms with van der Waals surface area (Å²) in [4.78, 5) is 14.6. The van der Waals surface area contributed by atoms with E-state index in [1.165, 1.54) is 23.3 Å². The van der Waals surface area contributed by atoms with Crippen molar-refractivity contribution in [1.29, 1.82) is 0 Å². The Morgan fingerprint density at radius 2 is 2.23 bits per heavy atom. The molecule has 1 aromatic carbocycles. The van der Waals surface area contributed by atoms with Crippen LogP contribution in [0, 0.1) is 0 Å². The van der Waals surface area contributed by atoms with Crippen LogP contribution in [0.3, 0.4) is 0 Å². The third-order valence-corrected chi connectivity index (χ3v) is 7.02. The number of anilines is 1. The van der Waals surface area contributed by atoms with Crippen molar-refractivity contribution in [1.82, 2.24) is 15.1 Å². The van der Waals surface area contributed by atoms with Crippen molar-refractivity contribution in [2.24, 2.45) is 0 Å². The van der Waals surface area contributed by atoms with Gasteiger partial charge in [0, 0.05) is 25.2 Å². The molecule has 2 fully saturated rings. The largest absolute Gasteiger partial charge is 0.467 e. The van der Waals surface area contributed by atoms with Gasteiger partial charge in [0.15, 0.2) is 11.8 Å². The summed E-state index contributed by atoms with van der Waals surface area (Å²) in [6, 6.07) is 3.99. The van der Waals surface area contributed by atoms with Crippen molar-refractivity contribution in [2.45, 2.75) is 43.6 Å². The second kappa shape index (κ2) is 8.52. The van der Waals surface area contributed by atoms with Crippen LogP contribution in [0.15, 0.2) is 18.2 Å². The minimum Gasteiger partial charge on any atom is -0.467 e. The highest BCUT2D eigenvalue weighted by atomic mass is 35.5. The average molecular weight is 457 g/mol. The highest BCUT2D eigenvalue weighted by Crippen LogP contribution is 2.42. The van der Waals surface area contributed by atoms with Crippen molar-refractivity contribution in [3.8, 4) is 16.3 Å². The molecular weight excluding hydrogens is 435 g/mol. The van der Waals surface area contributed by atoms with Gasteiger partial charge in [-0.25, -0.2) is 9.18 Å². The second-order valence-electron chi connectivity index (χ2n) is 7.43. The smallest absolute Gasteiger partial charge is 0.407 e. The molecule has 4 rings (SSSR count). The monoisotopic (exact) mass is 456 g/mol. The number of carbonyl (C=O) groups is 1. The zero-order valence-electron chi connectivity index (χ0n) is 16.5. The number of halogens is 2. The van der Waals surface area contributed by atoms with Crippen molar-refractivity contribution >= 4 is 34.2 Å². The lowest BCUT2D eigenvalue weighted by Gasteiger charge is -2.42. The van der Waals surface area contributed by atoms with Crippen molar-refractivity contribution < 1.29 is 23.8 Å². The lowest BCUT2D eigenvalue weighted by molar-refractivity contribution is 0.0491. The minimum absolute atomic E-state index is 0.0629. The highest BCUT2D eigenvalue weighted by Gasteiger charge is 2.51. The van der Waals surface area contributed by atoms with Crippen molar-refractivity contribution in [3.63, 3.8) is 0 Å². The summed E-state index contributed by atoms with van der Waals surface area (Å²) in [5.41, 5.74) is 0.714. The lowest BCUT2D eigenvalue weighted by Crippen LogP contribution is -2.58. The Morgan fingerprint density at radius 3 is 2.97 bits per heavy atom. The molecule has 2 saturated heterocycles. The molecule has 162 valence electrons. The third kappa shape index (κ3) is 3.79. The predicted molar refractivity (Wildman–Crippen MR) is 111 cm³/mol. The molecule has 2 aliphatic rings. The maximum Gasteiger partial charge on any atom is 0.407 e. The fraction of sp³-hybridized carbons (Fsp3) is 0.526. The first-order chi connectivity index (χ1) is 14.4. The number of rotatable bonds is 6. The number of amides is 1. The van der Waals surface area contributed by atoms with Crippen LogP contribution in [0.1, 0.15) is 19.3 Å². The van der Waals surface area contributed by atoms with E-state index in [9.17, 15) is 9.90 Å². The van der Waals surface area contributed by atoms with Gasteiger partial charge in [-0.2, -0.15) is 0 Å². The van der Waals surface area contributed by atoms with Crippen LogP contribution >= 0.6 is 22.9 Å². The quantitative estimate of drug-likeness (QED) is 0.659. The summed E-state index contributed by atoms with van der Waals surface area (Å²) in [5.74, 6) is 0.519. The number of nitrogens with zero attached hydrogens (tertiary/aromatic N) is 4. The maximum atomic E-state index is 15.2. The van der Waals surface area contributed by atoms with Crippen molar-refractivity contribution in [3.05, 3.63) is 23.2 Å². The van der Waals surface area contributed by atoms with Crippen LogP contribution in [0.25, 0.3) is 10.6 Å². The van der Waals surface area contributed by atoms with Crippen LogP contribution in [-0.2, 0) is 4.74 Å². The number of aromatic nitrogens is 2. The van der Waals surface area contributed by atoms with E-state index in [4.69, 9.17) is 21.1 Å². The molecule has 2 aliphatic heterocycles. The standard InChI is InChI=1S/C19H22ClFN4O4S/c1-24(14-8-11-4-6-13(16(14)21)25(11)19(26)27)18-23-22-17(30-18)12-5-3-10(20)7-15(12)29-9-28-2/h3,5,7,11,13-14,16H,4,6,8-9H2,1-2H3,(H,26,27)/t11-,13+,14-,16+/m1/s1. The molecule has 1 N–H and O–H groups in total. The van der Waals surface area contributed by atoms with Gasteiger partial charge in [0.25, 0.3) is 0 Å². The molecule has 4 atom stereocenters. The Kier molecular flexibility index (Phi) is 5.99. The Balaban J connectivity index is 1.56. The highest BCUT2D eigenvalue weighted by molar-refractivity contribution is 7.18. The second-order valence-corrected chi connectivity index (χ2v) is 8.82. The SMILES string of the molecule is COCOc1cc(Cl)ccc1-c1nnc(N(C)[C@@H]2C[C@H]3CC[C@@H]([C@@H]2F)N3C(=O)O)s1. The van der Waals surface area contributed by atoms with Crippen LogP contribution in [-0.4, -0.2) is 71.5 Å². The molecule has 30 heavy (non-hydrogen) atoms. The molecule has 1 aromatic heterocycles. The van der Waals surface area contributed by atoms with Gasteiger partial charge in [-0.15, -0.1) is 10.2 Å². The molecule has 11 heteroatoms. The number of hydrogen-bond donors (Lipinski definition) is 1. The predicted octanol–water partition coefficient (Wildman–Crippen LogP) is 3.90. The average Bonchev–Trinajstić information content (AvgIpc) is 3.33. The lowest BCUT2D eigenvalue weighted by atomic mass is 9.95. The van der Waals surface area contributed by atoms with Gasteiger partial charge in [-0.3, -0.25) is 4.90 Å². The normalized spacial score (nSPS) is 25.4. The van der Waals surface area contributed by atoms with Crippen LogP contribution in [0.2, 0.25) is 5.02 Å². The molecular formula is C19H22ClFN4O4S. The Bertz CT molecular complexity index is 932. The van der Waals surface area contributed by atoms with Gasteiger partial charge in [-0.1, -0.05) is 22.9 Å². The molecule has 8 nitrogen and oxygen atoms in total. The zero-order chi connectivity index (χ0) is 21.4. The molecule has 0 unspecified atom stereocenters. The first-order valence-electron chi connectivity index (χ1n) is 9.54. The number of methoxy groups -OCH3 is 1. The number of carboxylic acid groups (broad SMARTS) is 1. The summed E-state index contributed by atoms with van der Waals surface area (Å²) in [6.45, 7) is 0.0629. The molecule has 0 spiro atoms. The van der Waals surface area contributed by atoms with E-state index in [-0.39, 0.29) is 12.8 Å².